The quantitative estimate of drug-likeness (QED) is 0.355. The fourth-order valence-electron chi connectivity index (χ4n) is 12.1. The third kappa shape index (κ3) is 3.24. The van der Waals surface area contributed by atoms with E-state index in [0.717, 1.165) is 0 Å². The van der Waals surface area contributed by atoms with Crippen LogP contribution in [-0.2, 0) is 28.4 Å². The molecule has 238 valence electrons. The van der Waals surface area contributed by atoms with Gasteiger partial charge in [0.05, 0.1) is 30.5 Å². The van der Waals surface area contributed by atoms with Gasteiger partial charge in [-0.1, -0.05) is 18.2 Å². The second kappa shape index (κ2) is 9.91. The summed E-state index contributed by atoms with van der Waals surface area (Å²) >= 11 is 0. The van der Waals surface area contributed by atoms with Crippen LogP contribution >= 0.6 is 0 Å². The second-order valence-corrected chi connectivity index (χ2v) is 13.9. The van der Waals surface area contributed by atoms with Crippen LogP contribution < -0.4 is 0 Å². The highest BCUT2D eigenvalue weighted by atomic mass is 16.6. The molecule has 1 heterocycles. The molecular formula is C32H45NO10. The summed E-state index contributed by atoms with van der Waals surface area (Å²) in [6, 6.07) is 8.51. The molecule has 5 saturated carbocycles. The van der Waals surface area contributed by atoms with E-state index in [1.54, 1.807) is 52.7 Å². The molecule has 5 aliphatic carbocycles. The molecule has 0 unspecified atom stereocenters. The van der Waals surface area contributed by atoms with Gasteiger partial charge in [-0.2, -0.15) is 0 Å². The van der Waals surface area contributed by atoms with E-state index in [1.807, 2.05) is 13.1 Å². The van der Waals surface area contributed by atoms with Crippen LogP contribution in [0.25, 0.3) is 0 Å². The van der Waals surface area contributed by atoms with Gasteiger partial charge in [-0.15, -0.1) is 0 Å². The third-order valence-corrected chi connectivity index (χ3v) is 12.9. The molecule has 3 N–H and O–H groups in total. The Kier molecular flexibility index (Phi) is 6.92. The van der Waals surface area contributed by atoms with Gasteiger partial charge in [0.2, 0.25) is 0 Å². The number of ether oxygens (including phenoxy) is 6. The van der Waals surface area contributed by atoms with Crippen LogP contribution in [0.4, 0.5) is 0 Å². The number of benzene rings is 1. The van der Waals surface area contributed by atoms with E-state index >= 15 is 0 Å². The van der Waals surface area contributed by atoms with Crippen LogP contribution in [0.5, 0.6) is 0 Å². The molecule has 11 nitrogen and oxygen atoms in total. The Morgan fingerprint density at radius 1 is 1.00 bits per heavy atom. The molecule has 11 heteroatoms. The van der Waals surface area contributed by atoms with Crippen molar-refractivity contribution in [1.29, 1.82) is 0 Å². The van der Waals surface area contributed by atoms with Crippen molar-refractivity contribution >= 4 is 5.97 Å². The third-order valence-electron chi connectivity index (χ3n) is 12.9. The van der Waals surface area contributed by atoms with E-state index in [1.165, 1.54) is 7.11 Å². The smallest absolute Gasteiger partial charge is 0.338 e. The lowest BCUT2D eigenvalue weighted by molar-refractivity contribution is -0.324. The summed E-state index contributed by atoms with van der Waals surface area (Å²) in [4.78, 5) is 15.9. The van der Waals surface area contributed by atoms with Crippen LogP contribution in [0.2, 0.25) is 0 Å². The summed E-state index contributed by atoms with van der Waals surface area (Å²) in [5.41, 5.74) is -4.01. The number of methoxy groups -OCH3 is 5. The fourth-order valence-corrected chi connectivity index (χ4v) is 12.1. The Labute approximate surface area is 252 Å². The zero-order chi connectivity index (χ0) is 30.7. The standard InChI is InChI=1S/C32H45NO10/c1-33-14-29(15-38-2)18(34)12-19(39-3)31-17-13-30(37)26(43-28(36)16-10-8-7-9-11-16)20(17)32(42-6,25(35)27(30)41-5)21(24(31)33)22(40-4)23(29)31/h7-11,17-27,34-35,37H,12-15H2,1-6H3/t17-,18-,19+,20-,21+,22+,23-,24-,25+,26-,27+,29+,30-,31+,32-/m1/s1. The minimum absolute atomic E-state index is 0.189. The minimum atomic E-state index is -1.71. The molecule has 15 atom stereocenters. The van der Waals surface area contributed by atoms with Crippen LogP contribution in [0.1, 0.15) is 23.2 Å². The predicted octanol–water partition coefficient (Wildman–Crippen LogP) is 0.341. The summed E-state index contributed by atoms with van der Waals surface area (Å²) in [6.07, 6.45) is -4.43. The number of fused-ring (bicyclic) bond motifs is 2. The van der Waals surface area contributed by atoms with Gasteiger partial charge in [-0.3, -0.25) is 0 Å². The average Bonchev–Trinajstić information content (AvgIpc) is 3.38. The summed E-state index contributed by atoms with van der Waals surface area (Å²) in [6.45, 7) is 0.863. The number of esters is 1. The second-order valence-electron chi connectivity index (χ2n) is 13.9. The molecule has 0 radical (unpaired) electrons. The van der Waals surface area contributed by atoms with Gasteiger partial charge < -0.3 is 48.6 Å². The first-order valence-corrected chi connectivity index (χ1v) is 15.3. The van der Waals surface area contributed by atoms with E-state index in [9.17, 15) is 20.1 Å². The van der Waals surface area contributed by atoms with Crippen molar-refractivity contribution in [2.75, 3.05) is 55.7 Å². The van der Waals surface area contributed by atoms with Crippen LogP contribution in [0.3, 0.4) is 0 Å². The molecule has 7 bridgehead atoms. The van der Waals surface area contributed by atoms with Crippen molar-refractivity contribution in [3.05, 3.63) is 35.9 Å². The van der Waals surface area contributed by atoms with Crippen molar-refractivity contribution in [3.63, 3.8) is 0 Å². The van der Waals surface area contributed by atoms with Gasteiger partial charge in [-0.25, -0.2) is 4.79 Å². The fraction of sp³-hybridized carbons (Fsp3) is 0.781. The van der Waals surface area contributed by atoms with Crippen LogP contribution in [0, 0.1) is 34.5 Å². The maximum atomic E-state index is 13.6. The molecule has 1 aromatic carbocycles. The highest BCUT2D eigenvalue weighted by Gasteiger charge is 2.91. The zero-order valence-electron chi connectivity index (χ0n) is 25.7. The van der Waals surface area contributed by atoms with Crippen LogP contribution in [0.15, 0.2) is 30.3 Å². The van der Waals surface area contributed by atoms with Gasteiger partial charge in [0.25, 0.3) is 0 Å². The predicted molar refractivity (Wildman–Crippen MR) is 151 cm³/mol. The number of nitrogens with zero attached hydrogens (tertiary/aromatic N) is 1. The Morgan fingerprint density at radius 2 is 1.72 bits per heavy atom. The zero-order valence-corrected chi connectivity index (χ0v) is 25.7. The van der Waals surface area contributed by atoms with Crippen molar-refractivity contribution in [1.82, 2.24) is 4.90 Å². The number of aliphatic hydroxyl groups is 3. The Balaban J connectivity index is 1.49. The molecule has 1 spiro atoms. The number of piperidine rings is 1. The van der Waals surface area contributed by atoms with E-state index in [0.29, 0.717) is 25.1 Å². The molecule has 7 rings (SSSR count). The molecule has 6 fully saturated rings. The number of carbonyl (C=O) groups is 1. The van der Waals surface area contributed by atoms with Gasteiger partial charge in [0.1, 0.15) is 29.5 Å². The van der Waals surface area contributed by atoms with Crippen molar-refractivity contribution < 1.29 is 48.5 Å². The Bertz CT molecular complexity index is 1250. The maximum absolute atomic E-state index is 13.6. The van der Waals surface area contributed by atoms with E-state index < -0.39 is 76.5 Å². The number of hydrogen-bond donors (Lipinski definition) is 3. The van der Waals surface area contributed by atoms with Crippen LogP contribution in [-0.4, -0.2) is 136 Å². The molecule has 0 amide bonds. The normalized spacial score (nSPS) is 52.7. The van der Waals surface area contributed by atoms with Gasteiger partial charge in [-0.05, 0) is 31.5 Å². The van der Waals surface area contributed by atoms with E-state index in [-0.39, 0.29) is 24.3 Å². The first-order valence-electron chi connectivity index (χ1n) is 15.3. The van der Waals surface area contributed by atoms with Crippen molar-refractivity contribution in [2.45, 2.75) is 66.7 Å². The van der Waals surface area contributed by atoms with Gasteiger partial charge in [0, 0.05) is 83.1 Å². The number of carbonyl (C=O) groups excluding carboxylic acids is 1. The Hall–Kier alpha value is -1.67. The highest BCUT2D eigenvalue weighted by Crippen LogP contribution is 2.80. The molecule has 0 aromatic heterocycles. The number of likely N-dealkylation sites (tertiary alicyclic amines) is 1. The molecule has 43 heavy (non-hydrogen) atoms. The Morgan fingerprint density at radius 3 is 2.33 bits per heavy atom. The molecule has 6 aliphatic rings. The average molecular weight is 604 g/mol. The minimum Gasteiger partial charge on any atom is -0.455 e. The monoisotopic (exact) mass is 603 g/mol. The summed E-state index contributed by atoms with van der Waals surface area (Å²) in [5, 5.41) is 36.9. The van der Waals surface area contributed by atoms with Gasteiger partial charge in [0.15, 0.2) is 0 Å². The van der Waals surface area contributed by atoms with Gasteiger partial charge >= 0.3 is 5.97 Å². The van der Waals surface area contributed by atoms with E-state index in [2.05, 4.69) is 4.90 Å². The van der Waals surface area contributed by atoms with E-state index in [4.69, 9.17) is 28.4 Å². The summed E-state index contributed by atoms with van der Waals surface area (Å²) in [7, 11) is 10.1. The summed E-state index contributed by atoms with van der Waals surface area (Å²) in [5.74, 6) is -2.21. The first-order chi connectivity index (χ1) is 20.6. The number of aliphatic hydroxyl groups excluding tert-OH is 2. The highest BCUT2D eigenvalue weighted by molar-refractivity contribution is 5.89. The number of rotatable bonds is 8. The lowest BCUT2D eigenvalue weighted by atomic mass is 9.42. The molecule has 1 aliphatic heterocycles. The molecule has 1 aromatic rings. The van der Waals surface area contributed by atoms with Crippen molar-refractivity contribution in [2.24, 2.45) is 34.5 Å². The lowest BCUT2D eigenvalue weighted by Gasteiger charge is -2.70. The first kappa shape index (κ1) is 30.0. The summed E-state index contributed by atoms with van der Waals surface area (Å²) < 4.78 is 37.4. The molecular weight excluding hydrogens is 558 g/mol. The molecule has 1 saturated heterocycles. The SMILES string of the molecule is COC[C@]12CN(C)[C@@H]3[C@@H]4[C@H](OC)[C@H]1[C@@]3([C@@H](OC)C[C@H]2O)[C@@H]1C[C@@]2(O)[C@H](OC(=O)c3ccccc3)[C@@H]1[C@]4(OC)[C@@H](O)[C@@H]2OC. The maximum Gasteiger partial charge on any atom is 0.338 e. The lowest BCUT2D eigenvalue weighted by Crippen LogP contribution is -2.81. The van der Waals surface area contributed by atoms with Crippen molar-refractivity contribution in [3.8, 4) is 0 Å². The number of hydrogen-bond acceptors (Lipinski definition) is 11. The topological polar surface area (TPSA) is 136 Å². The largest absolute Gasteiger partial charge is 0.455 e.